The molecule has 2 nitrogen and oxygen atoms in total. The van der Waals surface area contributed by atoms with E-state index in [9.17, 15) is 10.2 Å². The van der Waals surface area contributed by atoms with Crippen molar-refractivity contribution in [2.24, 2.45) is 11.3 Å². The van der Waals surface area contributed by atoms with Crippen LogP contribution in [0.1, 0.15) is 79.1 Å². The summed E-state index contributed by atoms with van der Waals surface area (Å²) in [5, 5.41) is 20.1. The highest BCUT2D eigenvalue weighted by atomic mass is 16.3. The maximum atomic E-state index is 10.3. The molecule has 0 aliphatic heterocycles. The van der Waals surface area contributed by atoms with Gasteiger partial charge in [-0.3, -0.25) is 0 Å². The lowest BCUT2D eigenvalue weighted by molar-refractivity contribution is 0.0145. The van der Waals surface area contributed by atoms with Gasteiger partial charge in [0.25, 0.3) is 0 Å². The second-order valence-electron chi connectivity index (χ2n) is 7.95. The van der Waals surface area contributed by atoms with Crippen LogP contribution in [0.2, 0.25) is 0 Å². The van der Waals surface area contributed by atoms with Crippen LogP contribution in [0.3, 0.4) is 0 Å². The Hall–Kier alpha value is -0.340. The average Bonchev–Trinajstić information content (AvgIpc) is 2.66. The predicted octanol–water partition coefficient (Wildman–Crippen LogP) is 4.21. The highest BCUT2D eigenvalue weighted by Gasteiger charge is 2.48. The maximum Gasteiger partial charge on any atom is 0.0591 e. The first-order valence-electron chi connectivity index (χ1n) is 8.33. The number of hydrogen-bond acceptors (Lipinski definition) is 2. The number of rotatable bonds is 4. The molecule has 3 atom stereocenters. The Morgan fingerprint density at radius 1 is 1.35 bits per heavy atom. The quantitative estimate of drug-likeness (QED) is 0.757. The molecule has 0 saturated heterocycles. The van der Waals surface area contributed by atoms with Crippen LogP contribution in [0.25, 0.3) is 0 Å². The van der Waals surface area contributed by atoms with Crippen molar-refractivity contribution in [2.75, 3.05) is 0 Å². The molecule has 0 radical (unpaired) electrons. The molecule has 20 heavy (non-hydrogen) atoms. The molecule has 3 unspecified atom stereocenters. The molecule has 2 aliphatic rings. The molecule has 2 rings (SSSR count). The van der Waals surface area contributed by atoms with Crippen LogP contribution in [0.5, 0.6) is 0 Å². The van der Waals surface area contributed by atoms with E-state index in [4.69, 9.17) is 0 Å². The fourth-order valence-corrected chi connectivity index (χ4v) is 4.60. The Morgan fingerprint density at radius 2 is 2.05 bits per heavy atom. The third-order valence-electron chi connectivity index (χ3n) is 5.73. The van der Waals surface area contributed by atoms with Gasteiger partial charge in [-0.05, 0) is 83.5 Å². The van der Waals surface area contributed by atoms with Gasteiger partial charge in [0.2, 0.25) is 0 Å². The van der Waals surface area contributed by atoms with E-state index in [0.717, 1.165) is 38.5 Å². The van der Waals surface area contributed by atoms with E-state index in [1.165, 1.54) is 18.4 Å². The highest BCUT2D eigenvalue weighted by Crippen LogP contribution is 2.56. The zero-order valence-corrected chi connectivity index (χ0v) is 13.7. The van der Waals surface area contributed by atoms with E-state index in [1.807, 2.05) is 13.8 Å². The second-order valence-corrected chi connectivity index (χ2v) is 7.95. The third kappa shape index (κ3) is 3.28. The smallest absolute Gasteiger partial charge is 0.0591 e. The number of allylic oxidation sites excluding steroid dienone is 2. The van der Waals surface area contributed by atoms with Gasteiger partial charge in [0, 0.05) is 0 Å². The summed E-state index contributed by atoms with van der Waals surface area (Å²) in [6.07, 6.45) is 8.66. The van der Waals surface area contributed by atoms with Crippen LogP contribution in [-0.4, -0.2) is 21.9 Å². The van der Waals surface area contributed by atoms with Crippen molar-refractivity contribution in [3.63, 3.8) is 0 Å². The van der Waals surface area contributed by atoms with E-state index >= 15 is 0 Å². The van der Waals surface area contributed by atoms with Gasteiger partial charge in [0.05, 0.1) is 11.7 Å². The minimum absolute atomic E-state index is 0.0876. The largest absolute Gasteiger partial charge is 0.393 e. The minimum atomic E-state index is -0.548. The van der Waals surface area contributed by atoms with E-state index in [0.29, 0.717) is 5.92 Å². The van der Waals surface area contributed by atoms with Crippen LogP contribution in [0.15, 0.2) is 11.1 Å². The Morgan fingerprint density at radius 3 is 2.70 bits per heavy atom. The zero-order valence-electron chi connectivity index (χ0n) is 13.7. The molecule has 2 N–H and O–H groups in total. The lowest BCUT2D eigenvalue weighted by Crippen LogP contribution is -2.37. The maximum absolute atomic E-state index is 10.3. The fraction of sp³-hybridized carbons (Fsp3) is 0.889. The lowest BCUT2D eigenvalue weighted by atomic mass is 9.65. The SMILES string of the molecule is CC(CCCC(C)(C)O)=C1CCC2C(O)CCCC12C. The predicted molar refractivity (Wildman–Crippen MR) is 83.5 cm³/mol. The molecule has 0 bridgehead atoms. The summed E-state index contributed by atoms with van der Waals surface area (Å²) in [4.78, 5) is 0. The minimum Gasteiger partial charge on any atom is -0.393 e. The molecule has 2 aliphatic carbocycles. The Labute approximate surface area is 124 Å². The van der Waals surface area contributed by atoms with E-state index in [-0.39, 0.29) is 11.5 Å². The molecule has 116 valence electrons. The van der Waals surface area contributed by atoms with Gasteiger partial charge in [-0.15, -0.1) is 0 Å². The van der Waals surface area contributed by atoms with Crippen molar-refractivity contribution in [1.82, 2.24) is 0 Å². The molecule has 2 fully saturated rings. The zero-order chi connectivity index (χ0) is 15.0. The molecule has 0 heterocycles. The van der Waals surface area contributed by atoms with Gasteiger partial charge in [0.1, 0.15) is 0 Å². The normalized spacial score (nSPS) is 36.9. The monoisotopic (exact) mass is 280 g/mol. The van der Waals surface area contributed by atoms with Crippen LogP contribution < -0.4 is 0 Å². The number of hydrogen-bond donors (Lipinski definition) is 2. The van der Waals surface area contributed by atoms with Crippen molar-refractivity contribution in [3.05, 3.63) is 11.1 Å². The summed E-state index contributed by atoms with van der Waals surface area (Å²) in [5.74, 6) is 0.482. The van der Waals surface area contributed by atoms with Gasteiger partial charge in [0.15, 0.2) is 0 Å². The van der Waals surface area contributed by atoms with Gasteiger partial charge in [-0.25, -0.2) is 0 Å². The number of aliphatic hydroxyl groups excluding tert-OH is 1. The van der Waals surface area contributed by atoms with Crippen molar-refractivity contribution >= 4 is 0 Å². The molecule has 0 aromatic rings. The van der Waals surface area contributed by atoms with Gasteiger partial charge < -0.3 is 10.2 Å². The lowest BCUT2D eigenvalue weighted by Gasteiger charge is -2.41. The van der Waals surface area contributed by atoms with E-state index in [2.05, 4.69) is 13.8 Å². The van der Waals surface area contributed by atoms with Crippen LogP contribution in [-0.2, 0) is 0 Å². The Balaban J connectivity index is 2.05. The third-order valence-corrected chi connectivity index (χ3v) is 5.73. The molecule has 2 saturated carbocycles. The van der Waals surface area contributed by atoms with Crippen LogP contribution in [0.4, 0.5) is 0 Å². The summed E-state index contributed by atoms with van der Waals surface area (Å²) in [7, 11) is 0. The number of aliphatic hydroxyl groups is 2. The van der Waals surface area contributed by atoms with Crippen molar-refractivity contribution < 1.29 is 10.2 Å². The molecule has 0 amide bonds. The van der Waals surface area contributed by atoms with E-state index < -0.39 is 5.60 Å². The Bertz CT molecular complexity index is 377. The second kappa shape index (κ2) is 5.81. The first-order valence-corrected chi connectivity index (χ1v) is 8.33. The standard InChI is InChI=1S/C18H32O2/c1-13(7-5-11-17(2,3)20)14-9-10-15-16(19)8-6-12-18(14,15)4/h15-16,19-20H,5-12H2,1-4H3. The summed E-state index contributed by atoms with van der Waals surface area (Å²) in [6.45, 7) is 8.43. The Kier molecular flexibility index (Phi) is 4.66. The molecule has 0 spiro atoms. The van der Waals surface area contributed by atoms with E-state index in [1.54, 1.807) is 5.57 Å². The molecule has 0 aromatic carbocycles. The van der Waals surface area contributed by atoms with Crippen molar-refractivity contribution in [1.29, 1.82) is 0 Å². The van der Waals surface area contributed by atoms with Crippen molar-refractivity contribution in [3.8, 4) is 0 Å². The summed E-state index contributed by atoms with van der Waals surface area (Å²) < 4.78 is 0. The van der Waals surface area contributed by atoms with Gasteiger partial charge >= 0.3 is 0 Å². The molecular formula is C18H32O2. The summed E-state index contributed by atoms with van der Waals surface area (Å²) >= 11 is 0. The van der Waals surface area contributed by atoms with Gasteiger partial charge in [-0.2, -0.15) is 0 Å². The summed E-state index contributed by atoms with van der Waals surface area (Å²) in [5.41, 5.74) is 2.84. The fourth-order valence-electron chi connectivity index (χ4n) is 4.60. The van der Waals surface area contributed by atoms with Gasteiger partial charge in [-0.1, -0.05) is 18.1 Å². The highest BCUT2D eigenvalue weighted by molar-refractivity contribution is 5.27. The first-order chi connectivity index (χ1) is 9.24. The average molecular weight is 280 g/mol. The summed E-state index contributed by atoms with van der Waals surface area (Å²) in [6, 6.07) is 0. The number of fused-ring (bicyclic) bond motifs is 1. The molecular weight excluding hydrogens is 248 g/mol. The van der Waals surface area contributed by atoms with Crippen LogP contribution >= 0.6 is 0 Å². The van der Waals surface area contributed by atoms with Crippen molar-refractivity contribution in [2.45, 2.75) is 90.8 Å². The molecule has 2 heteroatoms. The topological polar surface area (TPSA) is 40.5 Å². The van der Waals surface area contributed by atoms with Crippen LogP contribution in [0, 0.1) is 11.3 Å². The first kappa shape index (κ1) is 16.0. The molecule has 0 aromatic heterocycles.